The standard InChI is InChI=1S/C23H19N3O3/c1-26(2)23-24-18-7-5-14(10-19(18)25-23)21-12-20(27)17-9-15-8-16(28-3)6-4-13(15)11-22(17)29-21/h4-12H,1-3H3,(H,24,25). The molecule has 5 rings (SSSR count). The van der Waals surface area contributed by atoms with Gasteiger partial charge < -0.3 is 19.0 Å². The molecule has 0 unspecified atom stereocenters. The minimum atomic E-state index is -0.0790. The molecule has 0 radical (unpaired) electrons. The number of nitrogens with one attached hydrogen (secondary N) is 1. The Bertz CT molecular complexity index is 1450. The fraction of sp³-hybridized carbons (Fsp3) is 0.130. The highest BCUT2D eigenvalue weighted by atomic mass is 16.5. The van der Waals surface area contributed by atoms with Crippen molar-refractivity contribution in [1.82, 2.24) is 9.97 Å². The van der Waals surface area contributed by atoms with Gasteiger partial charge in [-0.3, -0.25) is 4.79 Å². The Kier molecular flexibility index (Phi) is 3.81. The fourth-order valence-electron chi connectivity index (χ4n) is 3.51. The molecule has 0 atom stereocenters. The Balaban J connectivity index is 1.68. The molecule has 144 valence electrons. The predicted octanol–water partition coefficient (Wildman–Crippen LogP) is 4.56. The lowest BCUT2D eigenvalue weighted by molar-refractivity contribution is 0.415. The average molecular weight is 385 g/mol. The van der Waals surface area contributed by atoms with Crippen LogP contribution in [0.2, 0.25) is 0 Å². The predicted molar refractivity (Wildman–Crippen MR) is 116 cm³/mol. The number of fused-ring (bicyclic) bond motifs is 3. The van der Waals surface area contributed by atoms with Crippen LogP contribution in [0.15, 0.2) is 63.8 Å². The maximum Gasteiger partial charge on any atom is 0.203 e. The third-order valence-electron chi connectivity index (χ3n) is 5.07. The summed E-state index contributed by atoms with van der Waals surface area (Å²) in [4.78, 5) is 22.5. The summed E-state index contributed by atoms with van der Waals surface area (Å²) < 4.78 is 11.4. The number of methoxy groups -OCH3 is 1. The van der Waals surface area contributed by atoms with Gasteiger partial charge in [0.1, 0.15) is 17.1 Å². The molecule has 0 saturated heterocycles. The molecule has 0 aliphatic carbocycles. The summed E-state index contributed by atoms with van der Waals surface area (Å²) in [5.74, 6) is 2.06. The van der Waals surface area contributed by atoms with Gasteiger partial charge in [-0.05, 0) is 53.2 Å². The van der Waals surface area contributed by atoms with Crippen LogP contribution in [0, 0.1) is 0 Å². The van der Waals surface area contributed by atoms with Crippen molar-refractivity contribution < 1.29 is 9.15 Å². The molecule has 2 heterocycles. The molecule has 0 spiro atoms. The smallest absolute Gasteiger partial charge is 0.203 e. The van der Waals surface area contributed by atoms with E-state index in [0.29, 0.717) is 16.7 Å². The quantitative estimate of drug-likeness (QED) is 0.461. The van der Waals surface area contributed by atoms with Gasteiger partial charge in [-0.15, -0.1) is 0 Å². The molecule has 0 aliphatic heterocycles. The van der Waals surface area contributed by atoms with Crippen LogP contribution in [0.5, 0.6) is 5.75 Å². The van der Waals surface area contributed by atoms with Gasteiger partial charge in [-0.1, -0.05) is 6.07 Å². The maximum atomic E-state index is 12.8. The van der Waals surface area contributed by atoms with Gasteiger partial charge in [0.25, 0.3) is 0 Å². The monoisotopic (exact) mass is 385 g/mol. The lowest BCUT2D eigenvalue weighted by Crippen LogP contribution is -2.09. The molecule has 6 heteroatoms. The summed E-state index contributed by atoms with van der Waals surface area (Å²) in [7, 11) is 5.49. The van der Waals surface area contributed by atoms with Crippen LogP contribution < -0.4 is 15.1 Å². The SMILES string of the molecule is COc1ccc2cc3oc(-c4ccc5nc(N(C)C)[nH]c5c4)cc(=O)c3cc2c1. The second-order valence-electron chi connectivity index (χ2n) is 7.22. The summed E-state index contributed by atoms with van der Waals surface area (Å²) in [6, 6.07) is 16.8. The highest BCUT2D eigenvalue weighted by Crippen LogP contribution is 2.29. The number of rotatable bonds is 3. The van der Waals surface area contributed by atoms with Crippen LogP contribution in [0.3, 0.4) is 0 Å². The van der Waals surface area contributed by atoms with E-state index >= 15 is 0 Å². The third-order valence-corrected chi connectivity index (χ3v) is 5.07. The molecule has 29 heavy (non-hydrogen) atoms. The van der Waals surface area contributed by atoms with E-state index in [1.54, 1.807) is 13.2 Å². The van der Waals surface area contributed by atoms with Crippen molar-refractivity contribution in [3.63, 3.8) is 0 Å². The summed E-state index contributed by atoms with van der Waals surface area (Å²) in [5.41, 5.74) is 3.05. The average Bonchev–Trinajstić information content (AvgIpc) is 3.16. The number of imidazole rings is 1. The minimum Gasteiger partial charge on any atom is -0.497 e. The number of nitrogens with zero attached hydrogens (tertiary/aromatic N) is 2. The Morgan fingerprint density at radius 1 is 1.00 bits per heavy atom. The van der Waals surface area contributed by atoms with Crippen molar-refractivity contribution in [2.24, 2.45) is 0 Å². The Morgan fingerprint density at radius 2 is 1.86 bits per heavy atom. The first kappa shape index (κ1) is 17.3. The molecule has 1 N–H and O–H groups in total. The first-order valence-electron chi connectivity index (χ1n) is 9.25. The molecule has 2 aromatic heterocycles. The molecule has 0 bridgehead atoms. The van der Waals surface area contributed by atoms with E-state index in [9.17, 15) is 4.79 Å². The molecular formula is C23H19N3O3. The zero-order valence-corrected chi connectivity index (χ0v) is 16.3. The summed E-state index contributed by atoms with van der Waals surface area (Å²) in [6.45, 7) is 0. The zero-order chi connectivity index (χ0) is 20.1. The van der Waals surface area contributed by atoms with Gasteiger partial charge in [-0.2, -0.15) is 0 Å². The fourth-order valence-corrected chi connectivity index (χ4v) is 3.51. The van der Waals surface area contributed by atoms with Crippen molar-refractivity contribution >= 4 is 38.7 Å². The Labute approximate surface area is 166 Å². The second kappa shape index (κ2) is 6.38. The first-order valence-corrected chi connectivity index (χ1v) is 9.25. The van der Waals surface area contributed by atoms with Crippen LogP contribution in [-0.2, 0) is 0 Å². The number of aromatic amines is 1. The highest BCUT2D eigenvalue weighted by Gasteiger charge is 2.11. The van der Waals surface area contributed by atoms with Crippen LogP contribution in [0.4, 0.5) is 5.95 Å². The van der Waals surface area contributed by atoms with E-state index in [4.69, 9.17) is 9.15 Å². The minimum absolute atomic E-state index is 0.0790. The van der Waals surface area contributed by atoms with Crippen LogP contribution in [0.1, 0.15) is 0 Å². The lowest BCUT2D eigenvalue weighted by atomic mass is 10.1. The van der Waals surface area contributed by atoms with Crippen molar-refractivity contribution in [2.75, 3.05) is 26.1 Å². The molecule has 0 saturated carbocycles. The van der Waals surface area contributed by atoms with Crippen molar-refractivity contribution in [3.05, 3.63) is 64.8 Å². The number of H-pyrrole nitrogens is 1. The third kappa shape index (κ3) is 2.89. The number of ether oxygens (including phenoxy) is 1. The van der Waals surface area contributed by atoms with E-state index < -0.39 is 0 Å². The molecular weight excluding hydrogens is 366 g/mol. The van der Waals surface area contributed by atoms with Gasteiger partial charge in [-0.25, -0.2) is 4.98 Å². The molecule has 5 aromatic rings. The molecule has 6 nitrogen and oxygen atoms in total. The zero-order valence-electron chi connectivity index (χ0n) is 16.3. The van der Waals surface area contributed by atoms with E-state index in [0.717, 1.165) is 39.1 Å². The Hall–Kier alpha value is -3.80. The number of benzene rings is 3. The summed E-state index contributed by atoms with van der Waals surface area (Å²) in [5, 5.41) is 2.47. The van der Waals surface area contributed by atoms with Gasteiger partial charge in [0.15, 0.2) is 5.43 Å². The second-order valence-corrected chi connectivity index (χ2v) is 7.22. The lowest BCUT2D eigenvalue weighted by Gasteiger charge is -2.06. The normalized spacial score (nSPS) is 11.4. The van der Waals surface area contributed by atoms with E-state index in [-0.39, 0.29) is 5.43 Å². The molecule has 0 amide bonds. The first-order chi connectivity index (χ1) is 14.0. The van der Waals surface area contributed by atoms with Crippen molar-refractivity contribution in [2.45, 2.75) is 0 Å². The number of anilines is 1. The van der Waals surface area contributed by atoms with Crippen molar-refractivity contribution in [3.8, 4) is 17.1 Å². The van der Waals surface area contributed by atoms with Gasteiger partial charge in [0.2, 0.25) is 5.95 Å². The van der Waals surface area contributed by atoms with Gasteiger partial charge >= 0.3 is 0 Å². The van der Waals surface area contributed by atoms with E-state index in [1.807, 2.05) is 67.5 Å². The summed E-state index contributed by atoms with van der Waals surface area (Å²) in [6.07, 6.45) is 0. The Morgan fingerprint density at radius 3 is 2.66 bits per heavy atom. The molecule has 0 fully saturated rings. The van der Waals surface area contributed by atoms with Crippen LogP contribution >= 0.6 is 0 Å². The van der Waals surface area contributed by atoms with E-state index in [1.165, 1.54) is 0 Å². The maximum absolute atomic E-state index is 12.8. The highest BCUT2D eigenvalue weighted by molar-refractivity contribution is 5.96. The van der Waals surface area contributed by atoms with Crippen LogP contribution in [0.25, 0.3) is 44.1 Å². The van der Waals surface area contributed by atoms with Gasteiger partial charge in [0.05, 0.1) is 23.5 Å². The number of hydrogen-bond donors (Lipinski definition) is 1. The molecule has 3 aromatic carbocycles. The number of hydrogen-bond acceptors (Lipinski definition) is 5. The van der Waals surface area contributed by atoms with E-state index in [2.05, 4.69) is 9.97 Å². The summed E-state index contributed by atoms with van der Waals surface area (Å²) >= 11 is 0. The topological polar surface area (TPSA) is 71.4 Å². The molecule has 0 aliphatic rings. The van der Waals surface area contributed by atoms with Crippen molar-refractivity contribution in [1.29, 1.82) is 0 Å². The largest absolute Gasteiger partial charge is 0.497 e. The van der Waals surface area contributed by atoms with Gasteiger partial charge in [0, 0.05) is 25.7 Å². The number of aromatic nitrogens is 2. The van der Waals surface area contributed by atoms with Crippen LogP contribution in [-0.4, -0.2) is 31.2 Å².